The fourth-order valence-corrected chi connectivity index (χ4v) is 4.66. The number of carbonyl (C=O) groups excluding carboxylic acids is 1. The van der Waals surface area contributed by atoms with Gasteiger partial charge in [-0.3, -0.25) is 0 Å². The minimum atomic E-state index is -0.229. The molecule has 0 radical (unpaired) electrons. The number of hydrogen-bond acceptors (Lipinski definition) is 5. The van der Waals surface area contributed by atoms with Crippen LogP contribution in [-0.2, 0) is 4.74 Å². The van der Waals surface area contributed by atoms with Gasteiger partial charge in [0.2, 0.25) is 0 Å². The molecule has 0 aromatic carbocycles. The molecule has 22 heavy (non-hydrogen) atoms. The Balaban J connectivity index is 2.13. The molecule has 1 aromatic rings. The maximum absolute atomic E-state index is 11.8. The molecule has 4 nitrogen and oxygen atoms in total. The second-order valence-corrected chi connectivity index (χ2v) is 7.14. The average Bonchev–Trinajstić information content (AvgIpc) is 2.90. The molecule has 1 aromatic heterocycles. The number of thiophene rings is 1. The standard InChI is InChI=1S/C17H28N2O2S/c1-6-19(14-9-7-13(8-10-14)18(3)4)16-12(2)15(11-22-16)17(20)21-5/h11,13-14H,6-10H2,1-5H3. The topological polar surface area (TPSA) is 32.8 Å². The molecule has 0 amide bonds. The molecule has 2 rings (SSSR count). The Bertz CT molecular complexity index is 505. The molecule has 1 saturated carbocycles. The highest BCUT2D eigenvalue weighted by molar-refractivity contribution is 7.14. The highest BCUT2D eigenvalue weighted by atomic mass is 32.1. The van der Waals surface area contributed by atoms with Crippen LogP contribution in [0.15, 0.2) is 5.38 Å². The van der Waals surface area contributed by atoms with Crippen molar-refractivity contribution in [3.05, 3.63) is 16.5 Å². The Morgan fingerprint density at radius 2 is 1.86 bits per heavy atom. The van der Waals surface area contributed by atoms with E-state index in [-0.39, 0.29) is 5.97 Å². The van der Waals surface area contributed by atoms with Crippen LogP contribution in [0.1, 0.15) is 48.5 Å². The van der Waals surface area contributed by atoms with Gasteiger partial charge in [0.25, 0.3) is 0 Å². The Labute approximate surface area is 138 Å². The van der Waals surface area contributed by atoms with Gasteiger partial charge >= 0.3 is 5.97 Å². The Kier molecular flexibility index (Phi) is 5.87. The van der Waals surface area contributed by atoms with Gasteiger partial charge in [-0.1, -0.05) is 0 Å². The van der Waals surface area contributed by atoms with Crippen molar-refractivity contribution in [2.24, 2.45) is 0 Å². The van der Waals surface area contributed by atoms with Gasteiger partial charge in [-0.05, 0) is 59.2 Å². The third-order valence-corrected chi connectivity index (χ3v) is 5.97. The van der Waals surface area contributed by atoms with Gasteiger partial charge in [0.05, 0.1) is 17.7 Å². The van der Waals surface area contributed by atoms with E-state index in [2.05, 4.69) is 30.8 Å². The van der Waals surface area contributed by atoms with E-state index in [0.717, 1.165) is 12.1 Å². The van der Waals surface area contributed by atoms with Gasteiger partial charge in [-0.25, -0.2) is 4.79 Å². The lowest BCUT2D eigenvalue weighted by atomic mass is 9.89. The quantitative estimate of drug-likeness (QED) is 0.776. The summed E-state index contributed by atoms with van der Waals surface area (Å²) >= 11 is 1.67. The number of methoxy groups -OCH3 is 1. The predicted octanol–water partition coefficient (Wildman–Crippen LogP) is 3.54. The number of rotatable bonds is 5. The number of carbonyl (C=O) groups is 1. The smallest absolute Gasteiger partial charge is 0.339 e. The Morgan fingerprint density at radius 3 is 2.36 bits per heavy atom. The van der Waals surface area contributed by atoms with Crippen molar-refractivity contribution in [3.8, 4) is 0 Å². The molecule has 0 unspecified atom stereocenters. The molecule has 124 valence electrons. The lowest BCUT2D eigenvalue weighted by Crippen LogP contribution is -2.42. The molecular weight excluding hydrogens is 296 g/mol. The highest BCUT2D eigenvalue weighted by Crippen LogP contribution is 2.36. The molecule has 5 heteroatoms. The second-order valence-electron chi connectivity index (χ2n) is 6.28. The first-order valence-electron chi connectivity index (χ1n) is 8.09. The number of nitrogens with zero attached hydrogens (tertiary/aromatic N) is 2. The van der Waals surface area contributed by atoms with Crippen LogP contribution in [0.25, 0.3) is 0 Å². The molecular formula is C17H28N2O2S. The third kappa shape index (κ3) is 3.46. The summed E-state index contributed by atoms with van der Waals surface area (Å²) in [7, 11) is 5.79. The van der Waals surface area contributed by atoms with Crippen molar-refractivity contribution >= 4 is 22.3 Å². The van der Waals surface area contributed by atoms with Crippen LogP contribution >= 0.6 is 11.3 Å². The molecule has 1 heterocycles. The maximum atomic E-state index is 11.8. The molecule has 0 aliphatic heterocycles. The van der Waals surface area contributed by atoms with Crippen LogP contribution in [-0.4, -0.2) is 50.7 Å². The largest absolute Gasteiger partial charge is 0.465 e. The Hall–Kier alpha value is -1.07. The molecule has 1 fully saturated rings. The minimum Gasteiger partial charge on any atom is -0.465 e. The lowest BCUT2D eigenvalue weighted by molar-refractivity contribution is 0.0600. The molecule has 0 spiro atoms. The summed E-state index contributed by atoms with van der Waals surface area (Å²) in [5.74, 6) is -0.229. The molecule has 0 bridgehead atoms. The van der Waals surface area contributed by atoms with Crippen LogP contribution in [0.3, 0.4) is 0 Å². The summed E-state index contributed by atoms with van der Waals surface area (Å²) in [5, 5.41) is 3.17. The van der Waals surface area contributed by atoms with Crippen LogP contribution in [0.2, 0.25) is 0 Å². The van der Waals surface area contributed by atoms with E-state index in [1.807, 2.05) is 12.3 Å². The third-order valence-electron chi connectivity index (χ3n) is 4.86. The highest BCUT2D eigenvalue weighted by Gasteiger charge is 2.28. The fraction of sp³-hybridized carbons (Fsp3) is 0.706. The van der Waals surface area contributed by atoms with Crippen LogP contribution in [0.4, 0.5) is 5.00 Å². The second kappa shape index (κ2) is 7.47. The predicted molar refractivity (Wildman–Crippen MR) is 93.1 cm³/mol. The van der Waals surface area contributed by atoms with Gasteiger partial charge in [0, 0.05) is 24.0 Å². The number of esters is 1. The first-order valence-corrected chi connectivity index (χ1v) is 8.97. The van der Waals surface area contributed by atoms with Gasteiger partial charge in [0.1, 0.15) is 0 Å². The number of hydrogen-bond donors (Lipinski definition) is 0. The van der Waals surface area contributed by atoms with Gasteiger partial charge in [-0.2, -0.15) is 0 Å². The van der Waals surface area contributed by atoms with Crippen molar-refractivity contribution in [1.82, 2.24) is 4.90 Å². The molecule has 1 aliphatic rings. The Morgan fingerprint density at radius 1 is 1.27 bits per heavy atom. The number of anilines is 1. The van der Waals surface area contributed by atoms with E-state index < -0.39 is 0 Å². The van der Waals surface area contributed by atoms with Crippen LogP contribution in [0.5, 0.6) is 0 Å². The first kappa shape index (κ1) is 17.3. The minimum absolute atomic E-state index is 0.229. The normalized spacial score (nSPS) is 21.9. The lowest BCUT2D eigenvalue weighted by Gasteiger charge is -2.39. The summed E-state index contributed by atoms with van der Waals surface area (Å²) in [6, 6.07) is 1.30. The van der Waals surface area contributed by atoms with E-state index in [0.29, 0.717) is 17.6 Å². The van der Waals surface area contributed by atoms with E-state index in [4.69, 9.17) is 4.74 Å². The van der Waals surface area contributed by atoms with Crippen molar-refractivity contribution < 1.29 is 9.53 Å². The molecule has 0 atom stereocenters. The van der Waals surface area contributed by atoms with Crippen LogP contribution in [0, 0.1) is 6.92 Å². The van der Waals surface area contributed by atoms with Crippen molar-refractivity contribution in [1.29, 1.82) is 0 Å². The zero-order valence-electron chi connectivity index (χ0n) is 14.4. The number of ether oxygens (including phenoxy) is 1. The SMILES string of the molecule is CCN(c1scc(C(=O)OC)c1C)C1CCC(N(C)C)CC1. The van der Waals surface area contributed by atoms with Gasteiger partial charge < -0.3 is 14.5 Å². The first-order chi connectivity index (χ1) is 10.5. The molecule has 0 saturated heterocycles. The van der Waals surface area contributed by atoms with Gasteiger partial charge in [-0.15, -0.1) is 11.3 Å². The zero-order chi connectivity index (χ0) is 16.3. The average molecular weight is 324 g/mol. The molecule has 1 aliphatic carbocycles. The summed E-state index contributed by atoms with van der Waals surface area (Å²) < 4.78 is 4.87. The zero-order valence-corrected chi connectivity index (χ0v) is 15.2. The van der Waals surface area contributed by atoms with E-state index >= 15 is 0 Å². The summed E-state index contributed by atoms with van der Waals surface area (Å²) in [6.45, 7) is 5.22. The maximum Gasteiger partial charge on any atom is 0.339 e. The summed E-state index contributed by atoms with van der Waals surface area (Å²) in [6.07, 6.45) is 4.95. The van der Waals surface area contributed by atoms with Crippen LogP contribution < -0.4 is 4.90 Å². The fourth-order valence-electron chi connectivity index (χ4n) is 3.45. The van der Waals surface area contributed by atoms with E-state index in [1.54, 1.807) is 11.3 Å². The van der Waals surface area contributed by atoms with Gasteiger partial charge in [0.15, 0.2) is 0 Å². The monoisotopic (exact) mass is 324 g/mol. The van der Waals surface area contributed by atoms with Crippen molar-refractivity contribution in [2.75, 3.05) is 32.6 Å². The summed E-state index contributed by atoms with van der Waals surface area (Å²) in [4.78, 5) is 16.6. The van der Waals surface area contributed by atoms with E-state index in [9.17, 15) is 4.79 Å². The summed E-state index contributed by atoms with van der Waals surface area (Å²) in [5.41, 5.74) is 1.77. The molecule has 0 N–H and O–H groups in total. The van der Waals surface area contributed by atoms with Crippen molar-refractivity contribution in [3.63, 3.8) is 0 Å². The van der Waals surface area contributed by atoms with E-state index in [1.165, 1.54) is 37.8 Å². The van der Waals surface area contributed by atoms with Crippen molar-refractivity contribution in [2.45, 2.75) is 51.6 Å².